The van der Waals surface area contributed by atoms with Crippen LogP contribution in [0.5, 0.6) is 0 Å². The van der Waals surface area contributed by atoms with Gasteiger partial charge < -0.3 is 19.3 Å². The quantitative estimate of drug-likeness (QED) is 0.858. The molecule has 1 aromatic heterocycles. The van der Waals surface area contributed by atoms with Crippen molar-refractivity contribution in [2.24, 2.45) is 0 Å². The molecule has 2 heterocycles. The van der Waals surface area contributed by atoms with Gasteiger partial charge in [0.15, 0.2) is 5.82 Å². The standard InChI is InChI=1S/C14H19N3O4/c18-12(19)9-21-11-3-6-16(7-4-11)13-14(20)17(8-5-15-13)10-1-2-10/h5,8,10-11H,1-4,6-7,9H2,(H,18,19). The van der Waals surface area contributed by atoms with E-state index in [2.05, 4.69) is 4.98 Å². The van der Waals surface area contributed by atoms with Gasteiger partial charge in [-0.25, -0.2) is 9.78 Å². The number of aliphatic carboxylic acids is 1. The van der Waals surface area contributed by atoms with Gasteiger partial charge in [-0.15, -0.1) is 0 Å². The molecule has 1 saturated heterocycles. The fraction of sp³-hybridized carbons (Fsp3) is 0.643. The van der Waals surface area contributed by atoms with Gasteiger partial charge in [0.1, 0.15) is 6.61 Å². The number of carboxylic acids is 1. The second-order valence-corrected chi connectivity index (χ2v) is 5.59. The largest absolute Gasteiger partial charge is 0.480 e. The Bertz CT molecular complexity index is 574. The van der Waals surface area contributed by atoms with Gasteiger partial charge in [-0.1, -0.05) is 0 Å². The van der Waals surface area contributed by atoms with Crippen LogP contribution in [0.15, 0.2) is 17.2 Å². The van der Waals surface area contributed by atoms with Gasteiger partial charge in [0, 0.05) is 31.5 Å². The molecular formula is C14H19N3O4. The maximum absolute atomic E-state index is 12.4. The molecule has 0 spiro atoms. The average molecular weight is 293 g/mol. The third-order valence-corrected chi connectivity index (χ3v) is 3.97. The third kappa shape index (κ3) is 3.24. The molecular weight excluding hydrogens is 274 g/mol. The summed E-state index contributed by atoms with van der Waals surface area (Å²) in [6.07, 6.45) is 6.95. The number of nitrogens with zero attached hydrogens (tertiary/aromatic N) is 3. The van der Waals surface area contributed by atoms with Crippen molar-refractivity contribution in [1.82, 2.24) is 9.55 Å². The smallest absolute Gasteiger partial charge is 0.329 e. The first-order chi connectivity index (χ1) is 10.1. The molecule has 0 unspecified atom stereocenters. The van der Waals surface area contributed by atoms with Crippen molar-refractivity contribution in [3.05, 3.63) is 22.7 Å². The van der Waals surface area contributed by atoms with E-state index in [0.29, 0.717) is 37.8 Å². The molecule has 1 aliphatic heterocycles. The maximum atomic E-state index is 12.4. The van der Waals surface area contributed by atoms with Crippen LogP contribution in [-0.4, -0.2) is 46.4 Å². The normalized spacial score (nSPS) is 19.7. The summed E-state index contributed by atoms with van der Waals surface area (Å²) in [5, 5.41) is 8.61. The highest BCUT2D eigenvalue weighted by atomic mass is 16.5. The fourth-order valence-corrected chi connectivity index (χ4v) is 2.69. The van der Waals surface area contributed by atoms with Crippen molar-refractivity contribution in [1.29, 1.82) is 0 Å². The van der Waals surface area contributed by atoms with E-state index in [1.165, 1.54) is 0 Å². The molecule has 0 bridgehead atoms. The highest BCUT2D eigenvalue weighted by Gasteiger charge is 2.28. The molecule has 1 aliphatic carbocycles. The van der Waals surface area contributed by atoms with Crippen LogP contribution in [0, 0.1) is 0 Å². The SMILES string of the molecule is O=C(O)COC1CCN(c2nccn(C3CC3)c2=O)CC1. The van der Waals surface area contributed by atoms with Gasteiger partial charge in [-0.2, -0.15) is 0 Å². The lowest BCUT2D eigenvalue weighted by atomic mass is 10.1. The summed E-state index contributed by atoms with van der Waals surface area (Å²) in [6.45, 7) is 1.07. The Kier molecular flexibility index (Phi) is 3.92. The number of hydrogen-bond acceptors (Lipinski definition) is 5. The number of rotatable bonds is 5. The summed E-state index contributed by atoms with van der Waals surface area (Å²) >= 11 is 0. The van der Waals surface area contributed by atoms with Gasteiger partial charge in [0.2, 0.25) is 0 Å². The number of carbonyl (C=O) groups is 1. The van der Waals surface area contributed by atoms with E-state index in [0.717, 1.165) is 12.8 Å². The number of anilines is 1. The molecule has 0 aromatic carbocycles. The van der Waals surface area contributed by atoms with Gasteiger partial charge in [0.25, 0.3) is 5.56 Å². The molecule has 2 aliphatic rings. The zero-order valence-electron chi connectivity index (χ0n) is 11.8. The number of carboxylic acid groups (broad SMARTS) is 1. The molecule has 114 valence electrons. The van der Waals surface area contributed by atoms with Crippen LogP contribution < -0.4 is 10.5 Å². The van der Waals surface area contributed by atoms with E-state index in [4.69, 9.17) is 9.84 Å². The lowest BCUT2D eigenvalue weighted by molar-refractivity contribution is -0.144. The Hall–Kier alpha value is -1.89. The topological polar surface area (TPSA) is 84.7 Å². The van der Waals surface area contributed by atoms with Crippen LogP contribution in [0.4, 0.5) is 5.82 Å². The molecule has 0 amide bonds. The van der Waals surface area contributed by atoms with E-state index in [9.17, 15) is 9.59 Å². The van der Waals surface area contributed by atoms with Crippen molar-refractivity contribution in [3.8, 4) is 0 Å². The molecule has 1 aromatic rings. The molecule has 1 saturated carbocycles. The maximum Gasteiger partial charge on any atom is 0.329 e. The molecule has 1 N–H and O–H groups in total. The Morgan fingerprint density at radius 2 is 2.05 bits per heavy atom. The van der Waals surface area contributed by atoms with Gasteiger partial charge in [-0.3, -0.25) is 4.79 Å². The summed E-state index contributed by atoms with van der Waals surface area (Å²) < 4.78 is 7.07. The van der Waals surface area contributed by atoms with Gasteiger partial charge >= 0.3 is 5.97 Å². The van der Waals surface area contributed by atoms with Crippen molar-refractivity contribution in [2.75, 3.05) is 24.6 Å². The number of piperidine rings is 1. The lowest BCUT2D eigenvalue weighted by Crippen LogP contribution is -2.41. The Balaban J connectivity index is 1.63. The van der Waals surface area contributed by atoms with E-state index in [1.54, 1.807) is 17.0 Å². The van der Waals surface area contributed by atoms with Crippen LogP contribution in [0.3, 0.4) is 0 Å². The van der Waals surface area contributed by atoms with E-state index in [-0.39, 0.29) is 18.3 Å². The van der Waals surface area contributed by atoms with Crippen molar-refractivity contribution in [2.45, 2.75) is 37.8 Å². The predicted octanol–water partition coefficient (Wildman–Crippen LogP) is 0.648. The molecule has 7 nitrogen and oxygen atoms in total. The van der Waals surface area contributed by atoms with E-state index < -0.39 is 5.97 Å². The second-order valence-electron chi connectivity index (χ2n) is 5.59. The minimum absolute atomic E-state index is 0.0232. The van der Waals surface area contributed by atoms with Gasteiger partial charge in [-0.05, 0) is 25.7 Å². The van der Waals surface area contributed by atoms with Crippen molar-refractivity contribution < 1.29 is 14.6 Å². The molecule has 0 atom stereocenters. The summed E-state index contributed by atoms with van der Waals surface area (Å²) in [6, 6.07) is 0.343. The highest BCUT2D eigenvalue weighted by molar-refractivity contribution is 5.68. The first-order valence-electron chi connectivity index (χ1n) is 7.30. The van der Waals surface area contributed by atoms with Crippen molar-refractivity contribution >= 4 is 11.8 Å². The summed E-state index contributed by atoms with van der Waals surface area (Å²) in [5.74, 6) is -0.449. The zero-order chi connectivity index (χ0) is 14.8. The van der Waals surface area contributed by atoms with Gasteiger partial charge in [0.05, 0.1) is 6.10 Å². The second kappa shape index (κ2) is 5.85. The van der Waals surface area contributed by atoms with E-state index >= 15 is 0 Å². The molecule has 3 rings (SSSR count). The summed E-state index contributed by atoms with van der Waals surface area (Å²) in [4.78, 5) is 29.1. The Morgan fingerprint density at radius 3 is 2.67 bits per heavy atom. The first-order valence-corrected chi connectivity index (χ1v) is 7.30. The van der Waals surface area contributed by atoms with Crippen molar-refractivity contribution in [3.63, 3.8) is 0 Å². The monoisotopic (exact) mass is 293 g/mol. The number of ether oxygens (including phenoxy) is 1. The molecule has 21 heavy (non-hydrogen) atoms. The van der Waals surface area contributed by atoms with Crippen LogP contribution in [0.2, 0.25) is 0 Å². The van der Waals surface area contributed by atoms with Crippen LogP contribution in [0.25, 0.3) is 0 Å². The minimum Gasteiger partial charge on any atom is -0.480 e. The molecule has 2 fully saturated rings. The van der Waals surface area contributed by atoms with Crippen LogP contribution in [0.1, 0.15) is 31.7 Å². The summed E-state index contributed by atoms with van der Waals surface area (Å²) in [7, 11) is 0. The van der Waals surface area contributed by atoms with E-state index in [1.807, 2.05) is 4.90 Å². The predicted molar refractivity (Wildman–Crippen MR) is 75.6 cm³/mol. The molecule has 0 radical (unpaired) electrons. The Labute approximate surface area is 122 Å². The van der Waals surface area contributed by atoms with Crippen LogP contribution in [-0.2, 0) is 9.53 Å². The summed E-state index contributed by atoms with van der Waals surface area (Å²) in [5.41, 5.74) is -0.0232. The minimum atomic E-state index is -0.950. The molecule has 7 heteroatoms. The number of aromatic nitrogens is 2. The van der Waals surface area contributed by atoms with Crippen LogP contribution >= 0.6 is 0 Å². The highest BCUT2D eigenvalue weighted by Crippen LogP contribution is 2.33. The fourth-order valence-electron chi connectivity index (χ4n) is 2.69. The average Bonchev–Trinajstić information content (AvgIpc) is 3.31. The third-order valence-electron chi connectivity index (χ3n) is 3.97. The Morgan fingerprint density at radius 1 is 1.33 bits per heavy atom. The zero-order valence-corrected chi connectivity index (χ0v) is 11.8. The lowest BCUT2D eigenvalue weighted by Gasteiger charge is -2.32. The number of hydrogen-bond donors (Lipinski definition) is 1. The first kappa shape index (κ1) is 14.1.